The van der Waals surface area contributed by atoms with Crippen LogP contribution in [0.15, 0.2) is 22.7 Å². The zero-order valence-electron chi connectivity index (χ0n) is 9.98. The summed E-state index contributed by atoms with van der Waals surface area (Å²) in [6.07, 6.45) is -0.0165. The Hall–Kier alpha value is -1.07. The molecule has 0 aliphatic carbocycles. The van der Waals surface area contributed by atoms with Crippen LogP contribution in [0.5, 0.6) is 0 Å². The highest BCUT2D eigenvalue weighted by atomic mass is 79.9. The van der Waals surface area contributed by atoms with Gasteiger partial charge in [-0.1, -0.05) is 22.0 Å². The lowest BCUT2D eigenvalue weighted by Crippen LogP contribution is -2.37. The van der Waals surface area contributed by atoms with Gasteiger partial charge in [0, 0.05) is 29.8 Å². The highest BCUT2D eigenvalue weighted by Gasteiger charge is 2.12. The first-order valence-electron chi connectivity index (χ1n) is 5.35. The van der Waals surface area contributed by atoms with Crippen molar-refractivity contribution in [1.82, 2.24) is 0 Å². The van der Waals surface area contributed by atoms with Gasteiger partial charge in [0.15, 0.2) is 0 Å². The number of aliphatic carboxylic acids is 1. The van der Waals surface area contributed by atoms with E-state index >= 15 is 0 Å². The van der Waals surface area contributed by atoms with Crippen molar-refractivity contribution in [2.24, 2.45) is 5.73 Å². The molecule has 0 heterocycles. The number of hydrogen-bond acceptors (Lipinski definition) is 3. The predicted octanol–water partition coefficient (Wildman–Crippen LogP) is 2.00. The summed E-state index contributed by atoms with van der Waals surface area (Å²) in [5.74, 6) is -0.864. The number of benzene rings is 1. The van der Waals surface area contributed by atoms with Crippen LogP contribution >= 0.6 is 15.9 Å². The molecule has 1 aromatic rings. The highest BCUT2D eigenvalue weighted by Crippen LogP contribution is 2.23. The minimum absolute atomic E-state index is 0.0165. The molecule has 0 aliphatic rings. The van der Waals surface area contributed by atoms with Crippen LogP contribution in [0.3, 0.4) is 0 Å². The highest BCUT2D eigenvalue weighted by molar-refractivity contribution is 9.10. The normalized spacial score (nSPS) is 12.2. The Balaban J connectivity index is 2.72. The number of rotatable bonds is 5. The van der Waals surface area contributed by atoms with Crippen molar-refractivity contribution in [1.29, 1.82) is 0 Å². The van der Waals surface area contributed by atoms with E-state index in [1.807, 2.05) is 37.1 Å². The van der Waals surface area contributed by atoms with Crippen LogP contribution in [-0.4, -0.2) is 30.7 Å². The second kappa shape index (κ2) is 6.02. The van der Waals surface area contributed by atoms with Crippen molar-refractivity contribution in [3.05, 3.63) is 28.2 Å². The summed E-state index contributed by atoms with van der Waals surface area (Å²) in [7, 11) is 1.91. The van der Waals surface area contributed by atoms with Crippen LogP contribution in [0.1, 0.15) is 12.0 Å². The van der Waals surface area contributed by atoms with Gasteiger partial charge in [0.25, 0.3) is 0 Å². The molecular formula is C12H17BrN2O2. The molecular weight excluding hydrogens is 284 g/mol. The fraction of sp³-hybridized carbons (Fsp3) is 0.417. The molecule has 0 aliphatic heterocycles. The maximum absolute atomic E-state index is 10.5. The van der Waals surface area contributed by atoms with Crippen LogP contribution in [0.4, 0.5) is 5.69 Å². The van der Waals surface area contributed by atoms with E-state index in [2.05, 4.69) is 15.9 Å². The molecule has 0 aromatic heterocycles. The summed E-state index contributed by atoms with van der Waals surface area (Å²) in [6, 6.07) is 5.63. The van der Waals surface area contributed by atoms with Gasteiger partial charge in [-0.3, -0.25) is 4.79 Å². The first-order valence-corrected chi connectivity index (χ1v) is 6.14. The number of anilines is 1. The van der Waals surface area contributed by atoms with Crippen molar-refractivity contribution in [3.63, 3.8) is 0 Å². The second-order valence-electron chi connectivity index (χ2n) is 4.17. The first kappa shape index (κ1) is 14.0. The third-order valence-electron chi connectivity index (χ3n) is 2.53. The Kier molecular flexibility index (Phi) is 4.96. The quantitative estimate of drug-likeness (QED) is 0.873. The molecule has 1 unspecified atom stereocenters. The number of nitrogens with two attached hydrogens (primary N) is 1. The van der Waals surface area contributed by atoms with Gasteiger partial charge >= 0.3 is 5.97 Å². The first-order chi connectivity index (χ1) is 7.90. The van der Waals surface area contributed by atoms with Crippen molar-refractivity contribution >= 4 is 27.6 Å². The number of halogens is 1. The number of carboxylic acids is 1. The van der Waals surface area contributed by atoms with Crippen LogP contribution < -0.4 is 10.6 Å². The topological polar surface area (TPSA) is 66.6 Å². The van der Waals surface area contributed by atoms with Gasteiger partial charge in [0.2, 0.25) is 0 Å². The lowest BCUT2D eigenvalue weighted by Gasteiger charge is -2.24. The molecule has 1 rings (SSSR count). The Labute approximate surface area is 110 Å². The van der Waals surface area contributed by atoms with E-state index in [-0.39, 0.29) is 12.5 Å². The lowest BCUT2D eigenvalue weighted by atomic mass is 10.1. The number of aryl methyl sites for hydroxylation is 1. The number of hydrogen-bond donors (Lipinski definition) is 2. The average Bonchev–Trinajstić information content (AvgIpc) is 2.20. The number of likely N-dealkylation sites (N-methyl/N-ethyl adjacent to an activating group) is 1. The van der Waals surface area contributed by atoms with E-state index in [0.717, 1.165) is 15.7 Å². The standard InChI is InChI=1S/C12H17BrN2O2/c1-8-3-4-9(13)5-11(8)15(2)7-10(14)6-12(16)17/h3-5,10H,6-7,14H2,1-2H3,(H,16,17). The van der Waals surface area contributed by atoms with Crippen LogP contribution in [0.25, 0.3) is 0 Å². The van der Waals surface area contributed by atoms with Crippen molar-refractivity contribution in [3.8, 4) is 0 Å². The maximum atomic E-state index is 10.5. The van der Waals surface area contributed by atoms with E-state index in [1.54, 1.807) is 0 Å². The van der Waals surface area contributed by atoms with Gasteiger partial charge in [0.1, 0.15) is 0 Å². The van der Waals surface area contributed by atoms with E-state index in [9.17, 15) is 4.79 Å². The fourth-order valence-electron chi connectivity index (χ4n) is 1.73. The van der Waals surface area contributed by atoms with Gasteiger partial charge in [-0.2, -0.15) is 0 Å². The van der Waals surface area contributed by atoms with Crippen LogP contribution in [0.2, 0.25) is 0 Å². The largest absolute Gasteiger partial charge is 0.481 e. The summed E-state index contributed by atoms with van der Waals surface area (Å²) in [5.41, 5.74) is 7.96. The molecule has 5 heteroatoms. The third kappa shape index (κ3) is 4.36. The van der Waals surface area contributed by atoms with Gasteiger partial charge < -0.3 is 15.7 Å². The molecule has 1 aromatic carbocycles. The summed E-state index contributed by atoms with van der Waals surface area (Å²) in [4.78, 5) is 12.5. The molecule has 0 bridgehead atoms. The van der Waals surface area contributed by atoms with Gasteiger partial charge in [-0.15, -0.1) is 0 Å². The molecule has 0 fully saturated rings. The molecule has 0 spiro atoms. The fourth-order valence-corrected chi connectivity index (χ4v) is 2.08. The summed E-state index contributed by atoms with van der Waals surface area (Å²) >= 11 is 3.42. The smallest absolute Gasteiger partial charge is 0.304 e. The van der Waals surface area contributed by atoms with E-state index in [1.165, 1.54) is 0 Å². The molecule has 0 saturated carbocycles. The van der Waals surface area contributed by atoms with E-state index in [4.69, 9.17) is 10.8 Å². The van der Waals surface area contributed by atoms with Crippen molar-refractivity contribution < 1.29 is 9.90 Å². The lowest BCUT2D eigenvalue weighted by molar-refractivity contribution is -0.137. The minimum Gasteiger partial charge on any atom is -0.481 e. The summed E-state index contributed by atoms with van der Waals surface area (Å²) in [5, 5.41) is 8.66. The van der Waals surface area contributed by atoms with Crippen LogP contribution in [-0.2, 0) is 4.79 Å². The zero-order chi connectivity index (χ0) is 13.0. The maximum Gasteiger partial charge on any atom is 0.304 e. The zero-order valence-corrected chi connectivity index (χ0v) is 11.6. The summed E-state index contributed by atoms with van der Waals surface area (Å²) in [6.45, 7) is 2.53. The average molecular weight is 301 g/mol. The molecule has 4 nitrogen and oxygen atoms in total. The van der Waals surface area contributed by atoms with Gasteiger partial charge in [-0.25, -0.2) is 0 Å². The number of nitrogens with zero attached hydrogens (tertiary/aromatic N) is 1. The predicted molar refractivity (Wildman–Crippen MR) is 72.4 cm³/mol. The second-order valence-corrected chi connectivity index (χ2v) is 5.08. The third-order valence-corrected chi connectivity index (χ3v) is 3.02. The van der Waals surface area contributed by atoms with Gasteiger partial charge in [0.05, 0.1) is 6.42 Å². The summed E-state index contributed by atoms with van der Waals surface area (Å²) < 4.78 is 0.997. The Morgan fingerprint density at radius 2 is 2.24 bits per heavy atom. The Morgan fingerprint density at radius 1 is 1.59 bits per heavy atom. The van der Waals surface area contributed by atoms with Crippen LogP contribution in [0, 0.1) is 6.92 Å². The molecule has 1 atom stereocenters. The Morgan fingerprint density at radius 3 is 2.82 bits per heavy atom. The Bertz CT molecular complexity index is 409. The van der Waals surface area contributed by atoms with Crippen molar-refractivity contribution in [2.45, 2.75) is 19.4 Å². The number of carboxylic acid groups (broad SMARTS) is 1. The van der Waals surface area contributed by atoms with Crippen molar-refractivity contribution in [2.75, 3.05) is 18.5 Å². The molecule has 0 saturated heterocycles. The van der Waals surface area contributed by atoms with E-state index < -0.39 is 5.97 Å². The molecule has 17 heavy (non-hydrogen) atoms. The molecule has 0 radical (unpaired) electrons. The van der Waals surface area contributed by atoms with E-state index in [0.29, 0.717) is 6.54 Å². The minimum atomic E-state index is -0.864. The molecule has 3 N–H and O–H groups in total. The SMILES string of the molecule is Cc1ccc(Br)cc1N(C)CC(N)CC(=O)O. The van der Waals surface area contributed by atoms with Gasteiger partial charge in [-0.05, 0) is 24.6 Å². The monoisotopic (exact) mass is 300 g/mol. The molecule has 94 valence electrons. The number of carbonyl (C=O) groups is 1. The molecule has 0 amide bonds.